The van der Waals surface area contributed by atoms with Gasteiger partial charge in [-0.15, -0.1) is 0 Å². The van der Waals surface area contributed by atoms with Gasteiger partial charge in [-0.2, -0.15) is 0 Å². The molecule has 0 aliphatic carbocycles. The Labute approximate surface area is 163 Å². The Bertz CT molecular complexity index is 624. The fourth-order valence-corrected chi connectivity index (χ4v) is 4.03. The monoisotopic (exact) mass is 371 g/mol. The number of benzene rings is 1. The predicted octanol–water partition coefficient (Wildman–Crippen LogP) is 2.41. The minimum absolute atomic E-state index is 0.0266. The topological polar surface area (TPSA) is 43.9 Å². The third-order valence-electron chi connectivity index (χ3n) is 5.82. The molecule has 0 N–H and O–H groups in total. The third kappa shape index (κ3) is 5.32. The first-order valence-electron chi connectivity index (χ1n) is 10.4. The molecule has 0 bridgehead atoms. The molecule has 2 amide bonds. The quantitative estimate of drug-likeness (QED) is 0.739. The second-order valence-electron chi connectivity index (χ2n) is 8.21. The SMILES string of the molecule is CC(C)CCN1CCC(N2CCN(C(=O)CCc3ccccc3)CC2)C1=O. The highest BCUT2D eigenvalue weighted by Gasteiger charge is 2.37. The number of rotatable bonds is 7. The summed E-state index contributed by atoms with van der Waals surface area (Å²) in [4.78, 5) is 31.5. The molecule has 5 nitrogen and oxygen atoms in total. The first-order valence-corrected chi connectivity index (χ1v) is 10.4. The summed E-state index contributed by atoms with van der Waals surface area (Å²) in [6.07, 6.45) is 3.36. The van der Waals surface area contributed by atoms with Gasteiger partial charge < -0.3 is 9.80 Å². The minimum atomic E-state index is 0.0266. The summed E-state index contributed by atoms with van der Waals surface area (Å²) in [5, 5.41) is 0. The van der Waals surface area contributed by atoms with E-state index in [2.05, 4.69) is 30.9 Å². The van der Waals surface area contributed by atoms with Crippen molar-refractivity contribution in [2.24, 2.45) is 5.92 Å². The van der Waals surface area contributed by atoms with E-state index in [0.29, 0.717) is 18.2 Å². The maximum Gasteiger partial charge on any atom is 0.239 e. The number of carbonyl (C=O) groups excluding carboxylic acids is 2. The van der Waals surface area contributed by atoms with E-state index in [1.165, 1.54) is 5.56 Å². The fourth-order valence-electron chi connectivity index (χ4n) is 4.03. The van der Waals surface area contributed by atoms with Crippen LogP contribution >= 0.6 is 0 Å². The smallest absolute Gasteiger partial charge is 0.239 e. The van der Waals surface area contributed by atoms with Crippen LogP contribution < -0.4 is 0 Å². The number of hydrogen-bond donors (Lipinski definition) is 0. The maximum atomic E-state index is 12.7. The average molecular weight is 372 g/mol. The van der Waals surface area contributed by atoms with Crippen LogP contribution in [0.1, 0.15) is 38.7 Å². The summed E-state index contributed by atoms with van der Waals surface area (Å²) in [6.45, 7) is 9.26. The number of aryl methyl sites for hydroxylation is 1. The van der Waals surface area contributed by atoms with Crippen molar-refractivity contribution in [3.05, 3.63) is 35.9 Å². The van der Waals surface area contributed by atoms with Crippen LogP contribution in [0.15, 0.2) is 30.3 Å². The van der Waals surface area contributed by atoms with E-state index in [9.17, 15) is 9.59 Å². The molecule has 0 radical (unpaired) electrons. The average Bonchev–Trinajstić information content (AvgIpc) is 3.06. The van der Waals surface area contributed by atoms with Gasteiger partial charge in [-0.3, -0.25) is 14.5 Å². The second-order valence-corrected chi connectivity index (χ2v) is 8.21. The van der Waals surface area contributed by atoms with Gasteiger partial charge in [-0.05, 0) is 30.7 Å². The van der Waals surface area contributed by atoms with E-state index in [0.717, 1.165) is 58.5 Å². The normalized spacial score (nSPS) is 21.3. The molecule has 2 aliphatic rings. The van der Waals surface area contributed by atoms with Crippen LogP contribution in [0.4, 0.5) is 0 Å². The molecular formula is C22H33N3O2. The van der Waals surface area contributed by atoms with E-state index < -0.39 is 0 Å². The van der Waals surface area contributed by atoms with E-state index in [1.54, 1.807) is 0 Å². The van der Waals surface area contributed by atoms with Crippen molar-refractivity contribution in [1.82, 2.24) is 14.7 Å². The fraction of sp³-hybridized carbons (Fsp3) is 0.636. The summed E-state index contributed by atoms with van der Waals surface area (Å²) >= 11 is 0. The zero-order valence-corrected chi connectivity index (χ0v) is 16.8. The Morgan fingerprint density at radius 3 is 2.44 bits per heavy atom. The molecule has 2 aliphatic heterocycles. The Kier molecular flexibility index (Phi) is 6.89. The van der Waals surface area contributed by atoms with E-state index >= 15 is 0 Å². The second kappa shape index (κ2) is 9.36. The van der Waals surface area contributed by atoms with Gasteiger partial charge in [0.15, 0.2) is 0 Å². The van der Waals surface area contributed by atoms with Crippen LogP contribution in [-0.2, 0) is 16.0 Å². The Morgan fingerprint density at radius 2 is 1.78 bits per heavy atom. The molecule has 1 aromatic rings. The van der Waals surface area contributed by atoms with Gasteiger partial charge >= 0.3 is 0 Å². The van der Waals surface area contributed by atoms with Gasteiger partial charge in [0.2, 0.25) is 11.8 Å². The number of amides is 2. The number of nitrogens with zero attached hydrogens (tertiary/aromatic N) is 3. The first kappa shape index (κ1) is 19.9. The van der Waals surface area contributed by atoms with Crippen molar-refractivity contribution < 1.29 is 9.59 Å². The van der Waals surface area contributed by atoms with Crippen LogP contribution in [0, 0.1) is 5.92 Å². The van der Waals surface area contributed by atoms with Crippen molar-refractivity contribution in [1.29, 1.82) is 0 Å². The summed E-state index contributed by atoms with van der Waals surface area (Å²) in [5.74, 6) is 1.15. The Hall–Kier alpha value is -1.88. The number of piperazine rings is 1. The molecule has 2 saturated heterocycles. The standard InChI is InChI=1S/C22H33N3O2/c1-18(2)10-12-25-13-11-20(22(25)27)23-14-16-24(17-15-23)21(26)9-8-19-6-4-3-5-7-19/h3-7,18,20H,8-17H2,1-2H3. The summed E-state index contributed by atoms with van der Waals surface area (Å²) in [5.41, 5.74) is 1.21. The van der Waals surface area contributed by atoms with Crippen molar-refractivity contribution in [2.75, 3.05) is 39.3 Å². The zero-order chi connectivity index (χ0) is 19.2. The molecule has 3 rings (SSSR count). The molecule has 1 unspecified atom stereocenters. The van der Waals surface area contributed by atoms with E-state index in [-0.39, 0.29) is 11.9 Å². The molecule has 2 fully saturated rings. The lowest BCUT2D eigenvalue weighted by Crippen LogP contribution is -2.53. The number of likely N-dealkylation sites (tertiary alicyclic amines) is 1. The molecule has 0 saturated carbocycles. The molecule has 1 atom stereocenters. The van der Waals surface area contributed by atoms with Crippen LogP contribution in [0.2, 0.25) is 0 Å². The molecular weight excluding hydrogens is 338 g/mol. The molecule has 0 aromatic heterocycles. The largest absolute Gasteiger partial charge is 0.341 e. The van der Waals surface area contributed by atoms with Gasteiger partial charge in [0.1, 0.15) is 0 Å². The number of hydrogen-bond acceptors (Lipinski definition) is 3. The van der Waals surface area contributed by atoms with Crippen LogP contribution in [0.5, 0.6) is 0 Å². The maximum absolute atomic E-state index is 12.7. The van der Waals surface area contributed by atoms with Crippen LogP contribution in [-0.4, -0.2) is 71.8 Å². The molecule has 148 valence electrons. The van der Waals surface area contributed by atoms with Crippen molar-refractivity contribution >= 4 is 11.8 Å². The lowest BCUT2D eigenvalue weighted by atomic mass is 10.1. The predicted molar refractivity (Wildman–Crippen MR) is 107 cm³/mol. The van der Waals surface area contributed by atoms with Gasteiger partial charge in [-0.25, -0.2) is 0 Å². The van der Waals surface area contributed by atoms with E-state index in [4.69, 9.17) is 0 Å². The molecule has 5 heteroatoms. The van der Waals surface area contributed by atoms with Gasteiger partial charge in [0.05, 0.1) is 6.04 Å². The zero-order valence-electron chi connectivity index (χ0n) is 16.8. The highest BCUT2D eigenvalue weighted by Crippen LogP contribution is 2.20. The third-order valence-corrected chi connectivity index (χ3v) is 5.82. The van der Waals surface area contributed by atoms with Crippen molar-refractivity contribution in [3.8, 4) is 0 Å². The lowest BCUT2D eigenvalue weighted by molar-refractivity contribution is -0.135. The van der Waals surface area contributed by atoms with Crippen molar-refractivity contribution in [2.45, 2.75) is 45.6 Å². The van der Waals surface area contributed by atoms with Crippen molar-refractivity contribution in [3.63, 3.8) is 0 Å². The molecule has 27 heavy (non-hydrogen) atoms. The van der Waals surface area contributed by atoms with Gasteiger partial charge in [0, 0.05) is 45.7 Å². The molecule has 1 aromatic carbocycles. The first-order chi connectivity index (χ1) is 13.0. The van der Waals surface area contributed by atoms with E-state index in [1.807, 2.05) is 28.0 Å². The Morgan fingerprint density at radius 1 is 1.07 bits per heavy atom. The van der Waals surface area contributed by atoms with Crippen LogP contribution in [0.25, 0.3) is 0 Å². The minimum Gasteiger partial charge on any atom is -0.341 e. The van der Waals surface area contributed by atoms with Gasteiger partial charge in [-0.1, -0.05) is 44.2 Å². The lowest BCUT2D eigenvalue weighted by Gasteiger charge is -2.37. The highest BCUT2D eigenvalue weighted by atomic mass is 16.2. The highest BCUT2D eigenvalue weighted by molar-refractivity contribution is 5.84. The number of carbonyl (C=O) groups is 2. The van der Waals surface area contributed by atoms with Crippen LogP contribution in [0.3, 0.4) is 0 Å². The Balaban J connectivity index is 1.42. The summed E-state index contributed by atoms with van der Waals surface area (Å²) in [6, 6.07) is 10.2. The molecule has 0 spiro atoms. The van der Waals surface area contributed by atoms with Gasteiger partial charge in [0.25, 0.3) is 0 Å². The summed E-state index contributed by atoms with van der Waals surface area (Å²) in [7, 11) is 0. The molecule has 2 heterocycles. The summed E-state index contributed by atoms with van der Waals surface area (Å²) < 4.78 is 0.